The zero-order chi connectivity index (χ0) is 41.2. The molecule has 0 unspecified atom stereocenters. The van der Waals surface area contributed by atoms with Crippen LogP contribution in [0.5, 0.6) is 5.75 Å². The first kappa shape index (κ1) is 40.0. The summed E-state index contributed by atoms with van der Waals surface area (Å²) in [5.74, 6) is -0.651. The first-order valence-electron chi connectivity index (χ1n) is 19.8. The van der Waals surface area contributed by atoms with Gasteiger partial charge in [0, 0.05) is 70.9 Å². The fraction of sp³-hybridized carbons (Fsp3) is 0.356. The molecule has 13 nitrogen and oxygen atoms in total. The van der Waals surface area contributed by atoms with Gasteiger partial charge >= 0.3 is 0 Å². The Morgan fingerprint density at radius 3 is 2.40 bits per heavy atom. The van der Waals surface area contributed by atoms with Crippen molar-refractivity contribution in [3.05, 3.63) is 131 Å². The average Bonchev–Trinajstić information content (AvgIpc) is 3.68. The van der Waals surface area contributed by atoms with Gasteiger partial charge < -0.3 is 24.4 Å². The molecule has 1 N–H and O–H groups in total. The Labute approximate surface area is 339 Å². The van der Waals surface area contributed by atoms with E-state index in [1.165, 1.54) is 0 Å². The van der Waals surface area contributed by atoms with Crippen LogP contribution in [0.3, 0.4) is 0 Å². The number of piperazine rings is 1. The molecule has 4 heterocycles. The number of likely N-dealkylation sites (N-methyl/N-ethyl adjacent to an activating group) is 1. The van der Waals surface area contributed by atoms with Gasteiger partial charge in [0.1, 0.15) is 18.0 Å². The van der Waals surface area contributed by atoms with Crippen LogP contribution in [0.15, 0.2) is 91.6 Å². The number of hydrazine groups is 1. The Balaban J connectivity index is 1.20. The van der Waals surface area contributed by atoms with Gasteiger partial charge in [-0.05, 0) is 61.1 Å². The van der Waals surface area contributed by atoms with Crippen LogP contribution in [-0.2, 0) is 54.3 Å². The largest absolute Gasteiger partial charge is 0.508 e. The molecule has 0 aliphatic carbocycles. The molecule has 2 fully saturated rings. The highest BCUT2D eigenvalue weighted by atomic mass is 16.3. The number of aromatic hydroxyl groups is 1. The molecule has 5 aromatic rings. The molecule has 0 saturated carbocycles. The number of hydrogen-bond donors (Lipinski definition) is 1. The number of nitrogens with zero attached hydrogens (tertiary/aromatic N) is 8. The van der Waals surface area contributed by atoms with Crippen LogP contribution in [0.25, 0.3) is 10.9 Å². The second kappa shape index (κ2) is 16.7. The Kier molecular flexibility index (Phi) is 11.5. The summed E-state index contributed by atoms with van der Waals surface area (Å²) in [6.07, 6.45) is 4.37. The third-order valence-corrected chi connectivity index (χ3v) is 11.6. The van der Waals surface area contributed by atoms with Gasteiger partial charge in [0.25, 0.3) is 5.91 Å². The Morgan fingerprint density at radius 1 is 0.966 bits per heavy atom. The summed E-state index contributed by atoms with van der Waals surface area (Å²) in [7, 11) is 5.64. The minimum absolute atomic E-state index is 0.0751. The van der Waals surface area contributed by atoms with E-state index < -0.39 is 12.2 Å². The maximum Gasteiger partial charge on any atom is 0.255 e. The highest BCUT2D eigenvalue weighted by Crippen LogP contribution is 2.32. The normalized spacial score (nSPS) is 17.2. The smallest absolute Gasteiger partial charge is 0.255 e. The number of aromatic nitrogens is 3. The number of hydrogen-bond acceptors (Lipinski definition) is 7. The Hall–Kier alpha value is -6.21. The standard InChI is InChI=1S/C45H52N8O5/c1-7-23-51-29-42(56)52-39(25-33-16-19-35(54)20-17-33)45(58)50(28-40(52)53(51)41(55)21-18-32-12-9-8-10-13-32)26-34-14-11-15-37-38(27-48(5)43(34)37)44(57)47(4)24-22-36-30(2)46-49(6)31(36)3/h7-17,19-20,27,39-40,54H,1,18,21-26,28-29H2,2-6H3/t39-,40-/m0/s1. The van der Waals surface area contributed by atoms with Crippen molar-refractivity contribution in [2.75, 3.05) is 33.2 Å². The summed E-state index contributed by atoms with van der Waals surface area (Å²) in [5.41, 5.74) is 7.20. The molecule has 3 aromatic carbocycles. The predicted octanol–water partition coefficient (Wildman–Crippen LogP) is 4.54. The molecular weight excluding hydrogens is 733 g/mol. The van der Waals surface area contributed by atoms with E-state index in [1.807, 2.05) is 99.0 Å². The lowest BCUT2D eigenvalue weighted by Gasteiger charge is -2.55. The van der Waals surface area contributed by atoms with Crippen LogP contribution < -0.4 is 0 Å². The van der Waals surface area contributed by atoms with E-state index in [-0.39, 0.29) is 68.4 Å². The Morgan fingerprint density at radius 2 is 1.71 bits per heavy atom. The molecule has 4 amide bonds. The molecule has 302 valence electrons. The number of para-hydroxylation sites is 1. The highest BCUT2D eigenvalue weighted by Gasteiger charge is 2.51. The summed E-state index contributed by atoms with van der Waals surface area (Å²) in [4.78, 5) is 62.2. The number of phenols is 1. The summed E-state index contributed by atoms with van der Waals surface area (Å²) < 4.78 is 3.80. The van der Waals surface area contributed by atoms with Crippen LogP contribution in [-0.4, -0.2) is 113 Å². The number of phenolic OH excluding ortho intramolecular Hbond substituents is 1. The van der Waals surface area contributed by atoms with Gasteiger partial charge in [-0.15, -0.1) is 6.58 Å². The van der Waals surface area contributed by atoms with Crippen molar-refractivity contribution in [3.63, 3.8) is 0 Å². The van der Waals surface area contributed by atoms with Gasteiger partial charge in [-0.2, -0.15) is 5.10 Å². The van der Waals surface area contributed by atoms with Gasteiger partial charge in [-0.25, -0.2) is 10.0 Å². The topological polar surface area (TPSA) is 127 Å². The lowest BCUT2D eigenvalue weighted by molar-refractivity contribution is -0.205. The van der Waals surface area contributed by atoms with Crippen molar-refractivity contribution in [2.24, 2.45) is 14.1 Å². The van der Waals surface area contributed by atoms with Crippen molar-refractivity contribution in [1.29, 1.82) is 0 Å². The number of amides is 4. The van der Waals surface area contributed by atoms with Gasteiger partial charge in [0.15, 0.2) is 0 Å². The highest BCUT2D eigenvalue weighted by molar-refractivity contribution is 6.07. The van der Waals surface area contributed by atoms with E-state index in [4.69, 9.17) is 0 Å². The van der Waals surface area contributed by atoms with Crippen molar-refractivity contribution in [1.82, 2.24) is 39.1 Å². The minimum Gasteiger partial charge on any atom is -0.508 e. The van der Waals surface area contributed by atoms with Crippen LogP contribution in [0, 0.1) is 13.8 Å². The van der Waals surface area contributed by atoms with Gasteiger partial charge in [0.05, 0.1) is 29.9 Å². The van der Waals surface area contributed by atoms with E-state index in [0.717, 1.165) is 44.5 Å². The summed E-state index contributed by atoms with van der Waals surface area (Å²) in [6.45, 7) is 8.93. The molecule has 0 bridgehead atoms. The van der Waals surface area contributed by atoms with E-state index in [2.05, 4.69) is 11.7 Å². The summed E-state index contributed by atoms with van der Waals surface area (Å²) >= 11 is 0. The van der Waals surface area contributed by atoms with Crippen molar-refractivity contribution in [2.45, 2.75) is 58.3 Å². The first-order valence-corrected chi connectivity index (χ1v) is 19.8. The van der Waals surface area contributed by atoms with Crippen molar-refractivity contribution < 1.29 is 24.3 Å². The monoisotopic (exact) mass is 784 g/mol. The molecule has 2 aliphatic heterocycles. The maximum absolute atomic E-state index is 14.7. The number of benzene rings is 3. The lowest BCUT2D eigenvalue weighted by atomic mass is 9.97. The predicted molar refractivity (Wildman–Crippen MR) is 221 cm³/mol. The average molecular weight is 785 g/mol. The molecule has 13 heteroatoms. The lowest BCUT2D eigenvalue weighted by Crippen LogP contribution is -2.75. The first-order chi connectivity index (χ1) is 27.9. The fourth-order valence-corrected chi connectivity index (χ4v) is 8.59. The number of fused-ring (bicyclic) bond motifs is 2. The van der Waals surface area contributed by atoms with Crippen LogP contribution >= 0.6 is 0 Å². The van der Waals surface area contributed by atoms with Gasteiger partial charge in [-0.1, -0.05) is 66.7 Å². The van der Waals surface area contributed by atoms with Crippen LogP contribution in [0.1, 0.15) is 50.4 Å². The zero-order valence-corrected chi connectivity index (χ0v) is 34.0. The fourth-order valence-electron chi connectivity index (χ4n) is 8.59. The second-order valence-electron chi connectivity index (χ2n) is 15.5. The number of carbonyl (C=O) groups is 4. The second-order valence-corrected chi connectivity index (χ2v) is 15.5. The van der Waals surface area contributed by atoms with E-state index >= 15 is 0 Å². The summed E-state index contributed by atoms with van der Waals surface area (Å²) in [5, 5.41) is 18.7. The SMILES string of the molecule is C=CCN1CC(=O)N2[C@@H](Cc3ccc(O)cc3)C(=O)N(Cc3cccc4c(C(=O)N(C)CCc5c(C)nn(C)c5C)cn(C)c34)C[C@@H]2N1C(=O)CCc1ccccc1. The number of carbonyl (C=O) groups excluding carboxylic acids is 4. The van der Waals surface area contributed by atoms with Crippen molar-refractivity contribution >= 4 is 34.5 Å². The molecule has 0 radical (unpaired) electrons. The number of aryl methyl sites for hydroxylation is 4. The van der Waals surface area contributed by atoms with Crippen LogP contribution in [0.4, 0.5) is 0 Å². The molecular formula is C45H52N8O5. The third-order valence-electron chi connectivity index (χ3n) is 11.6. The zero-order valence-electron chi connectivity index (χ0n) is 34.0. The maximum atomic E-state index is 14.7. The quantitative estimate of drug-likeness (QED) is 0.174. The van der Waals surface area contributed by atoms with Crippen molar-refractivity contribution in [3.8, 4) is 5.75 Å². The molecule has 2 atom stereocenters. The molecule has 7 rings (SSSR count). The summed E-state index contributed by atoms with van der Waals surface area (Å²) in [6, 6.07) is 21.3. The minimum atomic E-state index is -0.906. The van der Waals surface area contributed by atoms with E-state index in [0.29, 0.717) is 24.9 Å². The molecule has 2 aliphatic rings. The van der Waals surface area contributed by atoms with E-state index in [1.54, 1.807) is 55.1 Å². The molecule has 2 saturated heterocycles. The molecule has 2 aromatic heterocycles. The molecule has 58 heavy (non-hydrogen) atoms. The third kappa shape index (κ3) is 7.86. The van der Waals surface area contributed by atoms with E-state index in [9.17, 15) is 24.3 Å². The van der Waals surface area contributed by atoms with Crippen LogP contribution in [0.2, 0.25) is 0 Å². The van der Waals surface area contributed by atoms with Gasteiger partial charge in [-0.3, -0.25) is 23.9 Å². The van der Waals surface area contributed by atoms with Gasteiger partial charge in [0.2, 0.25) is 17.7 Å². The Bertz CT molecular complexity index is 2350. The number of rotatable bonds is 13. The molecule has 0 spiro atoms.